The Balaban J connectivity index is 1.81. The number of piperazine rings is 1. The third-order valence-electron chi connectivity index (χ3n) is 3.36. The predicted octanol–water partition coefficient (Wildman–Crippen LogP) is 1.89. The van der Waals surface area contributed by atoms with E-state index in [1.165, 1.54) is 0 Å². The van der Waals surface area contributed by atoms with E-state index in [-0.39, 0.29) is 0 Å². The Bertz CT molecular complexity index is 431. The van der Waals surface area contributed by atoms with E-state index < -0.39 is 0 Å². The van der Waals surface area contributed by atoms with Gasteiger partial charge in [0.15, 0.2) is 6.29 Å². The van der Waals surface area contributed by atoms with Gasteiger partial charge in [-0.2, -0.15) is 0 Å². The number of hydrogen-bond acceptors (Lipinski definition) is 4. The van der Waals surface area contributed by atoms with Gasteiger partial charge in [0.05, 0.1) is 5.56 Å². The van der Waals surface area contributed by atoms with Gasteiger partial charge in [0.2, 0.25) is 0 Å². The number of aldehydes is 1. The maximum absolute atomic E-state index is 11.0. The normalized spacial score (nSPS) is 17.4. The van der Waals surface area contributed by atoms with Crippen LogP contribution in [0, 0.1) is 0 Å². The molecule has 1 fully saturated rings. The first-order valence-electron chi connectivity index (χ1n) is 6.47. The Morgan fingerprint density at radius 1 is 1.32 bits per heavy atom. The fourth-order valence-corrected chi connectivity index (χ4v) is 2.48. The van der Waals surface area contributed by atoms with Gasteiger partial charge in [0.25, 0.3) is 0 Å². The standard InChI is InChI=1S/C14H19BrN2O2/c1-16-4-6-17(7-5-16)8-9-19-14-3-2-13(15)10-12(14)11-18/h2-3,10-11H,4-9H2,1H3. The Kier molecular flexibility index (Phi) is 5.36. The summed E-state index contributed by atoms with van der Waals surface area (Å²) < 4.78 is 6.60. The molecule has 1 heterocycles. The van der Waals surface area contributed by atoms with E-state index in [0.717, 1.165) is 43.5 Å². The summed E-state index contributed by atoms with van der Waals surface area (Å²) in [6.45, 7) is 5.91. The number of ether oxygens (including phenoxy) is 1. The van der Waals surface area contributed by atoms with Gasteiger partial charge in [-0.3, -0.25) is 9.69 Å². The van der Waals surface area contributed by atoms with Gasteiger partial charge in [-0.15, -0.1) is 0 Å². The highest BCUT2D eigenvalue weighted by Crippen LogP contribution is 2.21. The molecule has 1 aromatic carbocycles. The maximum atomic E-state index is 11.0. The van der Waals surface area contributed by atoms with Gasteiger partial charge in [-0.25, -0.2) is 0 Å². The van der Waals surface area contributed by atoms with Crippen LogP contribution in [0.1, 0.15) is 10.4 Å². The molecule has 1 aliphatic rings. The van der Waals surface area contributed by atoms with Crippen molar-refractivity contribution < 1.29 is 9.53 Å². The topological polar surface area (TPSA) is 32.8 Å². The fraction of sp³-hybridized carbons (Fsp3) is 0.500. The van der Waals surface area contributed by atoms with Crippen molar-refractivity contribution in [2.75, 3.05) is 46.4 Å². The highest BCUT2D eigenvalue weighted by molar-refractivity contribution is 9.10. The van der Waals surface area contributed by atoms with E-state index in [1.54, 1.807) is 6.07 Å². The van der Waals surface area contributed by atoms with Crippen LogP contribution in [0.25, 0.3) is 0 Å². The summed E-state index contributed by atoms with van der Waals surface area (Å²) >= 11 is 3.35. The minimum absolute atomic E-state index is 0.591. The number of benzene rings is 1. The van der Waals surface area contributed by atoms with Crippen molar-refractivity contribution in [3.63, 3.8) is 0 Å². The largest absolute Gasteiger partial charge is 0.492 e. The fourth-order valence-electron chi connectivity index (χ4n) is 2.10. The second kappa shape index (κ2) is 7.03. The van der Waals surface area contributed by atoms with Gasteiger partial charge >= 0.3 is 0 Å². The van der Waals surface area contributed by atoms with Gasteiger partial charge in [0.1, 0.15) is 12.4 Å². The summed E-state index contributed by atoms with van der Waals surface area (Å²) in [7, 11) is 2.14. The highest BCUT2D eigenvalue weighted by atomic mass is 79.9. The van der Waals surface area contributed by atoms with Crippen molar-refractivity contribution in [1.82, 2.24) is 9.80 Å². The van der Waals surface area contributed by atoms with Crippen molar-refractivity contribution in [1.29, 1.82) is 0 Å². The van der Waals surface area contributed by atoms with Crippen molar-refractivity contribution in [2.24, 2.45) is 0 Å². The van der Waals surface area contributed by atoms with E-state index in [0.29, 0.717) is 17.9 Å². The molecule has 0 spiro atoms. The first-order valence-corrected chi connectivity index (χ1v) is 7.27. The summed E-state index contributed by atoms with van der Waals surface area (Å²) in [6, 6.07) is 5.49. The Morgan fingerprint density at radius 3 is 2.74 bits per heavy atom. The number of rotatable bonds is 5. The lowest BCUT2D eigenvalue weighted by Crippen LogP contribution is -2.45. The summed E-state index contributed by atoms with van der Waals surface area (Å²) in [6.07, 6.45) is 0.829. The lowest BCUT2D eigenvalue weighted by Gasteiger charge is -2.32. The van der Waals surface area contributed by atoms with Crippen LogP contribution in [0.3, 0.4) is 0 Å². The molecule has 0 N–H and O–H groups in total. The van der Waals surface area contributed by atoms with E-state index in [2.05, 4.69) is 32.8 Å². The van der Waals surface area contributed by atoms with E-state index in [4.69, 9.17) is 4.74 Å². The van der Waals surface area contributed by atoms with Crippen LogP contribution in [0.4, 0.5) is 0 Å². The number of hydrogen-bond donors (Lipinski definition) is 0. The molecule has 0 unspecified atom stereocenters. The van der Waals surface area contributed by atoms with Crippen LogP contribution >= 0.6 is 15.9 Å². The zero-order valence-electron chi connectivity index (χ0n) is 11.1. The summed E-state index contributed by atoms with van der Waals surface area (Å²) in [5.41, 5.74) is 0.591. The van der Waals surface area contributed by atoms with E-state index in [1.807, 2.05) is 12.1 Å². The molecular formula is C14H19BrN2O2. The Morgan fingerprint density at radius 2 is 2.05 bits per heavy atom. The van der Waals surface area contributed by atoms with Crippen LogP contribution in [-0.2, 0) is 0 Å². The maximum Gasteiger partial charge on any atom is 0.153 e. The van der Waals surface area contributed by atoms with Crippen molar-refractivity contribution in [3.8, 4) is 5.75 Å². The smallest absolute Gasteiger partial charge is 0.153 e. The third kappa shape index (κ3) is 4.30. The second-order valence-electron chi connectivity index (χ2n) is 4.79. The average Bonchev–Trinajstić information content (AvgIpc) is 2.42. The zero-order chi connectivity index (χ0) is 13.7. The Hall–Kier alpha value is -0.910. The van der Waals surface area contributed by atoms with Crippen LogP contribution < -0.4 is 4.74 Å². The van der Waals surface area contributed by atoms with Crippen molar-refractivity contribution in [3.05, 3.63) is 28.2 Å². The number of carbonyl (C=O) groups is 1. The molecule has 19 heavy (non-hydrogen) atoms. The molecule has 5 heteroatoms. The van der Waals surface area contributed by atoms with Gasteiger partial charge in [-0.05, 0) is 25.2 Å². The minimum Gasteiger partial charge on any atom is -0.492 e. The van der Waals surface area contributed by atoms with E-state index in [9.17, 15) is 4.79 Å². The second-order valence-corrected chi connectivity index (χ2v) is 5.71. The molecule has 0 atom stereocenters. The summed E-state index contributed by atoms with van der Waals surface area (Å²) in [5.74, 6) is 0.660. The first kappa shape index (κ1) is 14.5. The third-order valence-corrected chi connectivity index (χ3v) is 3.85. The molecule has 104 valence electrons. The van der Waals surface area contributed by atoms with Gasteiger partial charge < -0.3 is 9.64 Å². The zero-order valence-corrected chi connectivity index (χ0v) is 12.7. The molecule has 0 amide bonds. The van der Waals surface area contributed by atoms with Gasteiger partial charge in [0, 0.05) is 37.2 Å². The lowest BCUT2D eigenvalue weighted by molar-refractivity contribution is 0.111. The number of halogens is 1. The van der Waals surface area contributed by atoms with Crippen molar-refractivity contribution >= 4 is 22.2 Å². The molecule has 1 aromatic rings. The summed E-state index contributed by atoms with van der Waals surface area (Å²) in [4.78, 5) is 15.7. The minimum atomic E-state index is 0.591. The molecule has 0 aromatic heterocycles. The molecule has 2 rings (SSSR count). The molecular weight excluding hydrogens is 308 g/mol. The SMILES string of the molecule is CN1CCN(CCOc2ccc(Br)cc2C=O)CC1. The first-order chi connectivity index (χ1) is 9.19. The number of likely N-dealkylation sites (N-methyl/N-ethyl adjacent to an activating group) is 1. The monoisotopic (exact) mass is 326 g/mol. The quantitative estimate of drug-likeness (QED) is 0.773. The number of nitrogens with zero attached hydrogens (tertiary/aromatic N) is 2. The molecule has 0 saturated carbocycles. The van der Waals surface area contributed by atoms with Crippen LogP contribution in [-0.4, -0.2) is 62.5 Å². The highest BCUT2D eigenvalue weighted by Gasteiger charge is 2.13. The van der Waals surface area contributed by atoms with E-state index >= 15 is 0 Å². The summed E-state index contributed by atoms with van der Waals surface area (Å²) in [5, 5.41) is 0. The average molecular weight is 327 g/mol. The van der Waals surface area contributed by atoms with Crippen LogP contribution in [0.15, 0.2) is 22.7 Å². The van der Waals surface area contributed by atoms with Crippen LogP contribution in [0.2, 0.25) is 0 Å². The lowest BCUT2D eigenvalue weighted by atomic mass is 10.2. The number of carbonyl (C=O) groups excluding carboxylic acids is 1. The van der Waals surface area contributed by atoms with Crippen LogP contribution in [0.5, 0.6) is 5.75 Å². The predicted molar refractivity (Wildman–Crippen MR) is 79.0 cm³/mol. The molecule has 0 radical (unpaired) electrons. The molecule has 4 nitrogen and oxygen atoms in total. The Labute approximate surface area is 122 Å². The molecule has 0 aliphatic carbocycles. The molecule has 0 bridgehead atoms. The van der Waals surface area contributed by atoms with Gasteiger partial charge in [-0.1, -0.05) is 15.9 Å². The molecule has 1 aliphatic heterocycles. The van der Waals surface area contributed by atoms with Crippen molar-refractivity contribution in [2.45, 2.75) is 0 Å². The molecule has 1 saturated heterocycles.